The summed E-state index contributed by atoms with van der Waals surface area (Å²) in [5.74, 6) is -2.16. The van der Waals surface area contributed by atoms with E-state index in [2.05, 4.69) is 0 Å². The van der Waals surface area contributed by atoms with Crippen LogP contribution in [-0.2, 0) is 9.47 Å². The molecule has 0 unspecified atom stereocenters. The van der Waals surface area contributed by atoms with Gasteiger partial charge in [-0.1, -0.05) is 6.07 Å². The Kier molecular flexibility index (Phi) is 6.84. The van der Waals surface area contributed by atoms with Crippen LogP contribution < -0.4 is 4.74 Å². The smallest absolute Gasteiger partial charge is 0.342 e. The Balaban J connectivity index is 2.37. The van der Waals surface area contributed by atoms with Gasteiger partial charge in [-0.2, -0.15) is 0 Å². The maximum absolute atomic E-state index is 13.3. The molecule has 0 radical (unpaired) electrons. The predicted molar refractivity (Wildman–Crippen MR) is 66.2 cm³/mol. The molecule has 1 aromatic rings. The minimum atomic E-state index is -1.35. The molecule has 1 N–H and O–H groups in total. The standard InChI is InChI=1S/C13H17FO5/c1-17-6-3-7-18-8-9-19-11-5-2-4-10(14)12(11)13(15)16/h2,4-5H,3,6-9H2,1H3,(H,15,16). The first kappa shape index (κ1) is 15.4. The molecule has 0 fully saturated rings. The van der Waals surface area contributed by atoms with Gasteiger partial charge in [0.25, 0.3) is 0 Å². The molecule has 0 aliphatic rings. The highest BCUT2D eigenvalue weighted by Crippen LogP contribution is 2.21. The largest absolute Gasteiger partial charge is 0.490 e. The number of rotatable bonds is 9. The van der Waals surface area contributed by atoms with Crippen LogP contribution in [0.4, 0.5) is 4.39 Å². The van der Waals surface area contributed by atoms with Crippen molar-refractivity contribution in [2.75, 3.05) is 33.5 Å². The Morgan fingerprint density at radius 2 is 2.05 bits per heavy atom. The number of benzene rings is 1. The molecular weight excluding hydrogens is 255 g/mol. The van der Waals surface area contributed by atoms with Crippen LogP contribution in [0.5, 0.6) is 5.75 Å². The molecule has 0 aliphatic heterocycles. The summed E-state index contributed by atoms with van der Waals surface area (Å²) in [5, 5.41) is 8.88. The highest BCUT2D eigenvalue weighted by molar-refractivity contribution is 5.91. The lowest BCUT2D eigenvalue weighted by molar-refractivity contribution is 0.0671. The lowest BCUT2D eigenvalue weighted by atomic mass is 10.2. The molecule has 1 rings (SSSR count). The Morgan fingerprint density at radius 1 is 1.26 bits per heavy atom. The average molecular weight is 272 g/mol. The van der Waals surface area contributed by atoms with Crippen molar-refractivity contribution in [3.05, 3.63) is 29.6 Å². The van der Waals surface area contributed by atoms with Gasteiger partial charge in [-0.3, -0.25) is 0 Å². The lowest BCUT2D eigenvalue weighted by Gasteiger charge is -2.10. The third-order valence-corrected chi connectivity index (χ3v) is 2.31. The number of carbonyl (C=O) groups is 1. The molecule has 5 nitrogen and oxygen atoms in total. The maximum Gasteiger partial charge on any atom is 0.342 e. The van der Waals surface area contributed by atoms with E-state index in [-0.39, 0.29) is 12.4 Å². The van der Waals surface area contributed by atoms with Crippen LogP contribution in [0.2, 0.25) is 0 Å². The molecule has 0 bridgehead atoms. The van der Waals surface area contributed by atoms with Crippen LogP contribution in [0.25, 0.3) is 0 Å². The Hall–Kier alpha value is -1.66. The predicted octanol–water partition coefficient (Wildman–Crippen LogP) is 1.96. The summed E-state index contributed by atoms with van der Waals surface area (Å²) < 4.78 is 28.6. The van der Waals surface area contributed by atoms with Crippen LogP contribution in [0.1, 0.15) is 16.8 Å². The van der Waals surface area contributed by atoms with Crippen LogP contribution in [0.15, 0.2) is 18.2 Å². The molecule has 19 heavy (non-hydrogen) atoms. The fraction of sp³-hybridized carbons (Fsp3) is 0.462. The van der Waals surface area contributed by atoms with Gasteiger partial charge in [0.1, 0.15) is 23.7 Å². The molecule has 0 saturated heterocycles. The minimum Gasteiger partial charge on any atom is -0.490 e. The summed E-state index contributed by atoms with van der Waals surface area (Å²) in [5.41, 5.74) is -0.457. The summed E-state index contributed by atoms with van der Waals surface area (Å²) in [4.78, 5) is 10.9. The van der Waals surface area contributed by atoms with Crippen molar-refractivity contribution in [2.45, 2.75) is 6.42 Å². The van der Waals surface area contributed by atoms with E-state index >= 15 is 0 Å². The van der Waals surface area contributed by atoms with E-state index in [0.29, 0.717) is 19.8 Å². The highest BCUT2D eigenvalue weighted by atomic mass is 19.1. The Labute approximate surface area is 110 Å². The second-order valence-electron chi connectivity index (χ2n) is 3.73. The van der Waals surface area contributed by atoms with Crippen molar-refractivity contribution >= 4 is 5.97 Å². The SMILES string of the molecule is COCCCOCCOc1cccc(F)c1C(=O)O. The third-order valence-electron chi connectivity index (χ3n) is 2.31. The number of methoxy groups -OCH3 is 1. The first-order chi connectivity index (χ1) is 9.16. The van der Waals surface area contributed by atoms with E-state index in [1.807, 2.05) is 0 Å². The summed E-state index contributed by atoms with van der Waals surface area (Å²) in [6.07, 6.45) is 0.775. The van der Waals surface area contributed by atoms with E-state index in [1.165, 1.54) is 12.1 Å². The van der Waals surface area contributed by atoms with Crippen LogP contribution in [0, 0.1) is 5.82 Å². The molecule has 0 heterocycles. The Morgan fingerprint density at radius 3 is 2.74 bits per heavy atom. The van der Waals surface area contributed by atoms with Crippen molar-refractivity contribution in [1.29, 1.82) is 0 Å². The highest BCUT2D eigenvalue weighted by Gasteiger charge is 2.16. The van der Waals surface area contributed by atoms with Crippen LogP contribution in [0.3, 0.4) is 0 Å². The maximum atomic E-state index is 13.3. The Bertz CT molecular complexity index is 408. The summed E-state index contributed by atoms with van der Waals surface area (Å²) in [7, 11) is 1.61. The fourth-order valence-corrected chi connectivity index (χ4v) is 1.45. The molecule has 0 saturated carbocycles. The molecule has 1 aromatic carbocycles. The zero-order chi connectivity index (χ0) is 14.1. The third kappa shape index (κ3) is 5.23. The monoisotopic (exact) mass is 272 g/mol. The number of carboxylic acids is 1. The fourth-order valence-electron chi connectivity index (χ4n) is 1.45. The van der Waals surface area contributed by atoms with E-state index in [1.54, 1.807) is 7.11 Å². The number of carboxylic acid groups (broad SMARTS) is 1. The van der Waals surface area contributed by atoms with Gasteiger partial charge in [-0.25, -0.2) is 9.18 Å². The van der Waals surface area contributed by atoms with Gasteiger partial charge in [-0.05, 0) is 18.6 Å². The first-order valence-electron chi connectivity index (χ1n) is 5.88. The normalized spacial score (nSPS) is 10.4. The van der Waals surface area contributed by atoms with Crippen LogP contribution >= 0.6 is 0 Å². The summed E-state index contributed by atoms with van der Waals surface area (Å²) in [6.45, 7) is 1.62. The van der Waals surface area contributed by atoms with Crippen molar-refractivity contribution in [2.24, 2.45) is 0 Å². The molecule has 6 heteroatoms. The number of ether oxygens (including phenoxy) is 3. The van der Waals surface area contributed by atoms with E-state index < -0.39 is 17.3 Å². The number of halogens is 1. The topological polar surface area (TPSA) is 65.0 Å². The van der Waals surface area contributed by atoms with Gasteiger partial charge >= 0.3 is 5.97 Å². The summed E-state index contributed by atoms with van der Waals surface area (Å²) in [6, 6.07) is 3.89. The number of hydrogen-bond acceptors (Lipinski definition) is 4. The van der Waals surface area contributed by atoms with E-state index in [4.69, 9.17) is 19.3 Å². The zero-order valence-corrected chi connectivity index (χ0v) is 10.7. The second kappa shape index (κ2) is 8.44. The zero-order valence-electron chi connectivity index (χ0n) is 10.7. The van der Waals surface area contributed by atoms with Gasteiger partial charge in [0.2, 0.25) is 0 Å². The van der Waals surface area contributed by atoms with Crippen molar-refractivity contribution in [1.82, 2.24) is 0 Å². The molecule has 0 atom stereocenters. The molecule has 0 amide bonds. The molecule has 0 aliphatic carbocycles. The summed E-state index contributed by atoms with van der Waals surface area (Å²) >= 11 is 0. The van der Waals surface area contributed by atoms with Gasteiger partial charge in [0, 0.05) is 20.3 Å². The van der Waals surface area contributed by atoms with Gasteiger partial charge in [0.05, 0.1) is 6.61 Å². The second-order valence-corrected chi connectivity index (χ2v) is 3.73. The van der Waals surface area contributed by atoms with Gasteiger partial charge in [0.15, 0.2) is 0 Å². The van der Waals surface area contributed by atoms with Crippen LogP contribution in [-0.4, -0.2) is 44.6 Å². The quantitative estimate of drug-likeness (QED) is 0.696. The van der Waals surface area contributed by atoms with Crippen molar-refractivity contribution in [3.63, 3.8) is 0 Å². The van der Waals surface area contributed by atoms with Gasteiger partial charge < -0.3 is 19.3 Å². The average Bonchev–Trinajstić information content (AvgIpc) is 2.37. The molecule has 0 aromatic heterocycles. The van der Waals surface area contributed by atoms with E-state index in [0.717, 1.165) is 12.5 Å². The number of hydrogen-bond donors (Lipinski definition) is 1. The molecule has 0 spiro atoms. The van der Waals surface area contributed by atoms with Crippen molar-refractivity contribution in [3.8, 4) is 5.75 Å². The molecule has 106 valence electrons. The minimum absolute atomic E-state index is 0.00740. The number of aromatic carboxylic acids is 1. The first-order valence-corrected chi connectivity index (χ1v) is 5.88. The van der Waals surface area contributed by atoms with Crippen molar-refractivity contribution < 1.29 is 28.5 Å². The lowest BCUT2D eigenvalue weighted by Crippen LogP contribution is -2.11. The van der Waals surface area contributed by atoms with Gasteiger partial charge in [-0.15, -0.1) is 0 Å². The molecular formula is C13H17FO5. The van der Waals surface area contributed by atoms with E-state index in [9.17, 15) is 9.18 Å².